The Kier molecular flexibility index (Phi) is 3.76. The van der Waals surface area contributed by atoms with Crippen molar-refractivity contribution < 1.29 is 0 Å². The molecule has 12 heavy (non-hydrogen) atoms. The molecule has 2 heteroatoms. The molecule has 70 valence electrons. The van der Waals surface area contributed by atoms with Gasteiger partial charge in [-0.1, -0.05) is 19.1 Å². The van der Waals surface area contributed by atoms with Gasteiger partial charge in [0, 0.05) is 32.2 Å². The van der Waals surface area contributed by atoms with E-state index >= 15 is 0 Å². The standard InChI is InChI=1S/C10H20N2/c1-4-9(2)8-12-6-5-11-7-10(12)3/h10-11H,2,4-8H2,1,3H3. The minimum Gasteiger partial charge on any atom is -0.314 e. The van der Waals surface area contributed by atoms with Crippen LogP contribution in [0.2, 0.25) is 0 Å². The van der Waals surface area contributed by atoms with Gasteiger partial charge in [0.2, 0.25) is 0 Å². The van der Waals surface area contributed by atoms with E-state index in [1.54, 1.807) is 0 Å². The number of nitrogens with zero attached hydrogens (tertiary/aromatic N) is 1. The molecule has 1 unspecified atom stereocenters. The molecule has 1 atom stereocenters. The first-order chi connectivity index (χ1) is 5.74. The zero-order chi connectivity index (χ0) is 8.97. The van der Waals surface area contributed by atoms with E-state index in [1.807, 2.05) is 0 Å². The molecule has 0 aromatic rings. The van der Waals surface area contributed by atoms with E-state index in [2.05, 4.69) is 30.6 Å². The normalized spacial score (nSPS) is 25.7. The van der Waals surface area contributed by atoms with Crippen LogP contribution < -0.4 is 5.32 Å². The lowest BCUT2D eigenvalue weighted by Crippen LogP contribution is -2.50. The second-order valence-electron chi connectivity index (χ2n) is 3.63. The molecule has 0 aliphatic carbocycles. The van der Waals surface area contributed by atoms with E-state index in [4.69, 9.17) is 0 Å². The van der Waals surface area contributed by atoms with Gasteiger partial charge in [-0.15, -0.1) is 0 Å². The van der Waals surface area contributed by atoms with Crippen LogP contribution in [0.4, 0.5) is 0 Å². The maximum absolute atomic E-state index is 4.04. The van der Waals surface area contributed by atoms with Crippen molar-refractivity contribution in [2.24, 2.45) is 0 Å². The third-order valence-corrected chi connectivity index (χ3v) is 2.57. The van der Waals surface area contributed by atoms with Gasteiger partial charge in [0.15, 0.2) is 0 Å². The first kappa shape index (κ1) is 9.75. The first-order valence-corrected chi connectivity index (χ1v) is 4.85. The number of hydrogen-bond acceptors (Lipinski definition) is 2. The van der Waals surface area contributed by atoms with E-state index in [9.17, 15) is 0 Å². The van der Waals surface area contributed by atoms with Gasteiger partial charge in [-0.05, 0) is 13.3 Å². The summed E-state index contributed by atoms with van der Waals surface area (Å²) in [5, 5.41) is 3.38. The highest BCUT2D eigenvalue weighted by Gasteiger charge is 2.17. The van der Waals surface area contributed by atoms with Crippen LogP contribution in [-0.2, 0) is 0 Å². The quantitative estimate of drug-likeness (QED) is 0.638. The fourth-order valence-corrected chi connectivity index (χ4v) is 1.52. The molecule has 0 bridgehead atoms. The van der Waals surface area contributed by atoms with E-state index in [1.165, 1.54) is 12.1 Å². The Balaban J connectivity index is 2.33. The van der Waals surface area contributed by atoms with Crippen LogP contribution in [0.25, 0.3) is 0 Å². The summed E-state index contributed by atoms with van der Waals surface area (Å²) >= 11 is 0. The Labute approximate surface area is 75.6 Å². The average molecular weight is 168 g/mol. The molecule has 1 saturated heterocycles. The summed E-state index contributed by atoms with van der Waals surface area (Å²) in [6.07, 6.45) is 1.11. The average Bonchev–Trinajstić information content (AvgIpc) is 2.09. The largest absolute Gasteiger partial charge is 0.314 e. The maximum atomic E-state index is 4.04. The van der Waals surface area contributed by atoms with Crippen molar-refractivity contribution in [2.75, 3.05) is 26.2 Å². The van der Waals surface area contributed by atoms with E-state index < -0.39 is 0 Å². The van der Waals surface area contributed by atoms with Crippen LogP contribution in [0.15, 0.2) is 12.2 Å². The highest BCUT2D eigenvalue weighted by molar-refractivity contribution is 4.97. The molecule has 0 aromatic carbocycles. The zero-order valence-electron chi connectivity index (χ0n) is 8.27. The van der Waals surface area contributed by atoms with Gasteiger partial charge in [-0.3, -0.25) is 4.90 Å². The highest BCUT2D eigenvalue weighted by Crippen LogP contribution is 2.07. The van der Waals surface area contributed by atoms with Crippen LogP contribution in [-0.4, -0.2) is 37.1 Å². The van der Waals surface area contributed by atoms with Crippen LogP contribution in [0, 0.1) is 0 Å². The minimum atomic E-state index is 0.669. The van der Waals surface area contributed by atoms with Gasteiger partial charge in [0.25, 0.3) is 0 Å². The summed E-state index contributed by atoms with van der Waals surface area (Å²) in [5.41, 5.74) is 1.35. The molecule has 0 aromatic heterocycles. The topological polar surface area (TPSA) is 15.3 Å². The van der Waals surface area contributed by atoms with Crippen molar-refractivity contribution in [3.05, 3.63) is 12.2 Å². The Hall–Kier alpha value is -0.340. The number of rotatable bonds is 3. The summed E-state index contributed by atoms with van der Waals surface area (Å²) in [4.78, 5) is 2.50. The number of hydrogen-bond donors (Lipinski definition) is 1. The van der Waals surface area contributed by atoms with Gasteiger partial charge >= 0.3 is 0 Å². The minimum absolute atomic E-state index is 0.669. The smallest absolute Gasteiger partial charge is 0.0196 e. The molecule has 0 radical (unpaired) electrons. The summed E-state index contributed by atoms with van der Waals surface area (Å²) < 4.78 is 0. The van der Waals surface area contributed by atoms with Crippen LogP contribution >= 0.6 is 0 Å². The molecule has 1 fully saturated rings. The van der Waals surface area contributed by atoms with Crippen LogP contribution in [0.3, 0.4) is 0 Å². The SMILES string of the molecule is C=C(CC)CN1CCNCC1C. The van der Waals surface area contributed by atoms with Crippen molar-refractivity contribution in [1.82, 2.24) is 10.2 Å². The predicted octanol–water partition coefficient (Wildman–Crippen LogP) is 1.25. The summed E-state index contributed by atoms with van der Waals surface area (Å²) in [7, 11) is 0. The van der Waals surface area contributed by atoms with Gasteiger partial charge < -0.3 is 5.32 Å². The molecule has 1 N–H and O–H groups in total. The van der Waals surface area contributed by atoms with Crippen LogP contribution in [0.5, 0.6) is 0 Å². The Bertz CT molecular complexity index is 154. The van der Waals surface area contributed by atoms with Crippen molar-refractivity contribution in [3.63, 3.8) is 0 Å². The molecule has 1 heterocycles. The van der Waals surface area contributed by atoms with Crippen molar-refractivity contribution in [1.29, 1.82) is 0 Å². The van der Waals surface area contributed by atoms with E-state index in [-0.39, 0.29) is 0 Å². The molecule has 0 amide bonds. The fourth-order valence-electron chi connectivity index (χ4n) is 1.52. The third kappa shape index (κ3) is 2.61. The fraction of sp³-hybridized carbons (Fsp3) is 0.800. The molecule has 1 rings (SSSR count). The molecular weight excluding hydrogens is 148 g/mol. The molecule has 2 nitrogen and oxygen atoms in total. The molecule has 1 aliphatic heterocycles. The molecular formula is C10H20N2. The number of nitrogens with one attached hydrogen (secondary N) is 1. The monoisotopic (exact) mass is 168 g/mol. The van der Waals surface area contributed by atoms with Crippen molar-refractivity contribution >= 4 is 0 Å². The second kappa shape index (κ2) is 4.63. The Morgan fingerprint density at radius 2 is 2.42 bits per heavy atom. The summed E-state index contributed by atoms with van der Waals surface area (Å²) in [6.45, 7) is 13.0. The van der Waals surface area contributed by atoms with Gasteiger partial charge in [0.05, 0.1) is 0 Å². The Morgan fingerprint density at radius 1 is 1.67 bits per heavy atom. The first-order valence-electron chi connectivity index (χ1n) is 4.85. The zero-order valence-corrected chi connectivity index (χ0v) is 8.27. The van der Waals surface area contributed by atoms with Crippen LogP contribution in [0.1, 0.15) is 20.3 Å². The number of piperazine rings is 1. The molecule has 0 spiro atoms. The predicted molar refractivity (Wildman–Crippen MR) is 53.3 cm³/mol. The summed E-state index contributed by atoms with van der Waals surface area (Å²) in [5.74, 6) is 0. The third-order valence-electron chi connectivity index (χ3n) is 2.57. The van der Waals surface area contributed by atoms with Gasteiger partial charge in [-0.2, -0.15) is 0 Å². The van der Waals surface area contributed by atoms with Gasteiger partial charge in [0.1, 0.15) is 0 Å². The lowest BCUT2D eigenvalue weighted by Gasteiger charge is -2.34. The Morgan fingerprint density at radius 3 is 3.00 bits per heavy atom. The van der Waals surface area contributed by atoms with E-state index in [0.717, 1.165) is 26.1 Å². The van der Waals surface area contributed by atoms with Crippen molar-refractivity contribution in [3.8, 4) is 0 Å². The highest BCUT2D eigenvalue weighted by atomic mass is 15.2. The van der Waals surface area contributed by atoms with Crippen molar-refractivity contribution in [2.45, 2.75) is 26.3 Å². The molecule has 0 saturated carbocycles. The summed E-state index contributed by atoms with van der Waals surface area (Å²) in [6, 6.07) is 0.669. The lowest BCUT2D eigenvalue weighted by atomic mass is 10.1. The maximum Gasteiger partial charge on any atom is 0.0196 e. The van der Waals surface area contributed by atoms with E-state index in [0.29, 0.717) is 6.04 Å². The van der Waals surface area contributed by atoms with Gasteiger partial charge in [-0.25, -0.2) is 0 Å². The second-order valence-corrected chi connectivity index (χ2v) is 3.63. The lowest BCUT2D eigenvalue weighted by molar-refractivity contribution is 0.187. The molecule has 1 aliphatic rings.